The van der Waals surface area contributed by atoms with Gasteiger partial charge in [0.1, 0.15) is 11.2 Å². The molecule has 1 aromatic heterocycles. The minimum absolute atomic E-state index is 0.0282. The first-order valence-corrected chi connectivity index (χ1v) is 6.15. The van der Waals surface area contributed by atoms with Gasteiger partial charge in [0.15, 0.2) is 0 Å². The number of rotatable bonds is 2. The van der Waals surface area contributed by atoms with Crippen molar-refractivity contribution in [1.29, 1.82) is 10.8 Å². The number of nitrogens with zero attached hydrogens (tertiary/aromatic N) is 2. The Bertz CT molecular complexity index is 824. The molecule has 2 aromatic rings. The predicted octanol–water partition coefficient (Wildman–Crippen LogP) is 3.32. The van der Waals surface area contributed by atoms with E-state index in [9.17, 15) is 26.3 Å². The Labute approximate surface area is 130 Å². The molecule has 128 valence electrons. The molecule has 0 aliphatic carbocycles. The van der Waals surface area contributed by atoms with Gasteiger partial charge >= 0.3 is 12.5 Å². The lowest BCUT2D eigenvalue weighted by Crippen LogP contribution is -2.38. The van der Waals surface area contributed by atoms with Gasteiger partial charge in [-0.15, -0.1) is 13.2 Å². The molecule has 24 heavy (non-hydrogen) atoms. The highest BCUT2D eigenvalue weighted by Gasteiger charge is 2.37. The zero-order valence-corrected chi connectivity index (χ0v) is 11.5. The number of nitrogens with one attached hydrogen (secondary N) is 2. The Morgan fingerprint density at radius 1 is 1.04 bits per heavy atom. The molecule has 0 bridgehead atoms. The van der Waals surface area contributed by atoms with Gasteiger partial charge in [0.2, 0.25) is 5.84 Å². The summed E-state index contributed by atoms with van der Waals surface area (Å²) in [4.78, 5) is 0. The molecule has 0 aliphatic rings. The highest BCUT2D eigenvalue weighted by Crippen LogP contribution is 2.27. The largest absolute Gasteiger partial charge is 0.573 e. The molecule has 0 aliphatic heterocycles. The molecule has 1 heterocycles. The number of benzene rings is 1. The third-order valence-corrected chi connectivity index (χ3v) is 2.68. The van der Waals surface area contributed by atoms with Crippen LogP contribution in [0.3, 0.4) is 0 Å². The predicted molar refractivity (Wildman–Crippen MR) is 69.4 cm³/mol. The minimum Gasteiger partial charge on any atom is -0.406 e. The second-order valence-electron chi connectivity index (χ2n) is 4.44. The molecule has 2 N–H and O–H groups in total. The maximum atomic E-state index is 12.6. The topological polar surface area (TPSA) is 74.8 Å². The number of hydrogen-bond acceptors (Lipinski definition) is 4. The van der Waals surface area contributed by atoms with Crippen molar-refractivity contribution in [3.05, 3.63) is 41.9 Å². The summed E-state index contributed by atoms with van der Waals surface area (Å²) in [5.74, 6) is -2.47. The van der Waals surface area contributed by atoms with E-state index in [1.54, 1.807) is 0 Å². The third kappa shape index (κ3) is 4.12. The molecule has 5 nitrogen and oxygen atoms in total. The molecule has 0 saturated carbocycles. The van der Waals surface area contributed by atoms with Crippen LogP contribution in [0.15, 0.2) is 36.4 Å². The van der Waals surface area contributed by atoms with Crippen LogP contribution in [0.4, 0.5) is 26.3 Å². The summed E-state index contributed by atoms with van der Waals surface area (Å²) >= 11 is 0. The Balaban J connectivity index is 2.46. The zero-order chi connectivity index (χ0) is 18.1. The molecule has 0 amide bonds. The molecular formula is C13H8F6N4O. The van der Waals surface area contributed by atoms with Crippen molar-refractivity contribution in [2.24, 2.45) is 0 Å². The van der Waals surface area contributed by atoms with Crippen molar-refractivity contribution < 1.29 is 31.1 Å². The molecule has 0 saturated heterocycles. The van der Waals surface area contributed by atoms with E-state index in [-0.39, 0.29) is 15.9 Å². The molecule has 0 atom stereocenters. The first-order chi connectivity index (χ1) is 11.0. The molecule has 0 unspecified atom stereocenters. The van der Waals surface area contributed by atoms with Crippen LogP contribution in [0, 0.1) is 10.8 Å². The van der Waals surface area contributed by atoms with E-state index >= 15 is 0 Å². The van der Waals surface area contributed by atoms with Crippen LogP contribution < -0.4 is 10.2 Å². The maximum absolute atomic E-state index is 12.6. The quantitative estimate of drug-likeness (QED) is 0.495. The second kappa shape index (κ2) is 5.98. The Hall–Kier alpha value is -2.85. The molecule has 0 spiro atoms. The van der Waals surface area contributed by atoms with Crippen molar-refractivity contribution in [2.45, 2.75) is 12.5 Å². The second-order valence-corrected chi connectivity index (χ2v) is 4.44. The van der Waals surface area contributed by atoms with Crippen LogP contribution in [-0.2, 0) is 0 Å². The number of hydrogen-bond donors (Lipinski definition) is 2. The monoisotopic (exact) mass is 350 g/mol. The fourth-order valence-electron chi connectivity index (χ4n) is 1.72. The lowest BCUT2D eigenvalue weighted by Gasteiger charge is -2.13. The van der Waals surface area contributed by atoms with E-state index in [4.69, 9.17) is 10.8 Å². The van der Waals surface area contributed by atoms with Gasteiger partial charge in [0.05, 0.1) is 5.69 Å². The van der Waals surface area contributed by atoms with Crippen LogP contribution in [0.2, 0.25) is 0 Å². The smallest absolute Gasteiger partial charge is 0.406 e. The summed E-state index contributed by atoms with van der Waals surface area (Å²) in [6.07, 6.45) is -9.96. The molecular weight excluding hydrogens is 342 g/mol. The third-order valence-electron chi connectivity index (χ3n) is 2.68. The fourth-order valence-corrected chi connectivity index (χ4v) is 1.72. The average molecular weight is 350 g/mol. The lowest BCUT2D eigenvalue weighted by molar-refractivity contribution is -0.274. The summed E-state index contributed by atoms with van der Waals surface area (Å²) in [6.45, 7) is 0. The molecule has 1 aromatic carbocycles. The van der Waals surface area contributed by atoms with Gasteiger partial charge in [0.25, 0.3) is 0 Å². The van der Waals surface area contributed by atoms with Crippen LogP contribution in [0.25, 0.3) is 11.3 Å². The fraction of sp³-hybridized carbons (Fsp3) is 0.154. The number of halogens is 6. The van der Waals surface area contributed by atoms with Crippen molar-refractivity contribution in [3.8, 4) is 17.0 Å². The standard InChI is InChI=1S/C13H8F6N4O/c14-12(15,16)11(21)23-10(20)5-4-9(22-23)7-2-1-3-8(6-7)24-13(17,18)19/h1-6,20-21H. The minimum atomic E-state index is -5.03. The molecule has 0 fully saturated rings. The van der Waals surface area contributed by atoms with Gasteiger partial charge in [0, 0.05) is 5.56 Å². The Kier molecular flexibility index (Phi) is 4.36. The Morgan fingerprint density at radius 3 is 2.29 bits per heavy atom. The van der Waals surface area contributed by atoms with E-state index in [0.29, 0.717) is 0 Å². The van der Waals surface area contributed by atoms with Crippen LogP contribution >= 0.6 is 0 Å². The normalized spacial score (nSPS) is 12.1. The number of alkyl halides is 6. The molecule has 2 rings (SSSR count). The van der Waals surface area contributed by atoms with Crippen molar-refractivity contribution >= 4 is 5.84 Å². The van der Waals surface area contributed by atoms with Gasteiger partial charge in [-0.3, -0.25) is 10.8 Å². The molecule has 11 heteroatoms. The van der Waals surface area contributed by atoms with Gasteiger partial charge in [-0.2, -0.15) is 23.0 Å². The van der Waals surface area contributed by atoms with Gasteiger partial charge in [-0.05, 0) is 24.3 Å². The van der Waals surface area contributed by atoms with Crippen molar-refractivity contribution in [1.82, 2.24) is 9.78 Å². The van der Waals surface area contributed by atoms with Gasteiger partial charge in [-0.25, -0.2) is 0 Å². The van der Waals surface area contributed by atoms with E-state index in [2.05, 4.69) is 9.84 Å². The highest BCUT2D eigenvalue weighted by atomic mass is 19.4. The van der Waals surface area contributed by atoms with Crippen molar-refractivity contribution in [2.75, 3.05) is 0 Å². The van der Waals surface area contributed by atoms with E-state index < -0.39 is 29.6 Å². The number of aromatic nitrogens is 2. The van der Waals surface area contributed by atoms with E-state index in [0.717, 1.165) is 24.3 Å². The van der Waals surface area contributed by atoms with E-state index in [1.165, 1.54) is 12.1 Å². The summed E-state index contributed by atoms with van der Waals surface area (Å²) in [5.41, 5.74) is -0.836. The van der Waals surface area contributed by atoms with Gasteiger partial charge in [-0.1, -0.05) is 12.1 Å². The van der Waals surface area contributed by atoms with Crippen molar-refractivity contribution in [3.63, 3.8) is 0 Å². The van der Waals surface area contributed by atoms with E-state index in [1.807, 2.05) is 0 Å². The average Bonchev–Trinajstić information content (AvgIpc) is 2.44. The Morgan fingerprint density at radius 2 is 1.71 bits per heavy atom. The number of ether oxygens (including phenoxy) is 1. The zero-order valence-electron chi connectivity index (χ0n) is 11.5. The van der Waals surface area contributed by atoms with Crippen LogP contribution in [-0.4, -0.2) is 28.2 Å². The van der Waals surface area contributed by atoms with Crippen LogP contribution in [0.5, 0.6) is 5.75 Å². The summed E-state index contributed by atoms with van der Waals surface area (Å²) in [5, 5.41) is 17.9. The first-order valence-electron chi connectivity index (χ1n) is 6.15. The van der Waals surface area contributed by atoms with Crippen LogP contribution in [0.1, 0.15) is 0 Å². The maximum Gasteiger partial charge on any atom is 0.573 e. The lowest BCUT2D eigenvalue weighted by atomic mass is 10.1. The first kappa shape index (κ1) is 17.5. The molecule has 0 radical (unpaired) electrons. The SMILES string of the molecule is N=C(n1nc(-c2cccc(OC(F)(F)F)c2)ccc1=N)C(F)(F)F. The highest BCUT2D eigenvalue weighted by molar-refractivity contribution is 5.86. The van der Waals surface area contributed by atoms with Gasteiger partial charge < -0.3 is 4.74 Å². The summed E-state index contributed by atoms with van der Waals surface area (Å²) < 4.78 is 78.1. The summed E-state index contributed by atoms with van der Waals surface area (Å²) in [6, 6.07) is 6.54. The summed E-state index contributed by atoms with van der Waals surface area (Å²) in [7, 11) is 0.